The predicted octanol–water partition coefficient (Wildman–Crippen LogP) is 2.78. The van der Waals surface area contributed by atoms with Gasteiger partial charge >= 0.3 is 0 Å². The van der Waals surface area contributed by atoms with Crippen LogP contribution in [0.3, 0.4) is 0 Å². The first-order valence-corrected chi connectivity index (χ1v) is 6.08. The van der Waals surface area contributed by atoms with Crippen molar-refractivity contribution in [3.63, 3.8) is 0 Å². The van der Waals surface area contributed by atoms with Gasteiger partial charge in [-0.1, -0.05) is 23.7 Å². The van der Waals surface area contributed by atoms with Crippen molar-refractivity contribution in [1.82, 2.24) is 15.5 Å². The summed E-state index contributed by atoms with van der Waals surface area (Å²) in [6.45, 7) is 2.99. The second-order valence-corrected chi connectivity index (χ2v) is 4.63. The summed E-state index contributed by atoms with van der Waals surface area (Å²) in [6, 6.07) is 10.4. The van der Waals surface area contributed by atoms with Crippen LogP contribution in [0.4, 0.5) is 0 Å². The summed E-state index contributed by atoms with van der Waals surface area (Å²) in [6.07, 6.45) is 2.76. The van der Waals surface area contributed by atoms with Crippen LogP contribution in [0.1, 0.15) is 18.2 Å². The minimum atomic E-state index is 0.416. The molecule has 1 aromatic carbocycles. The first-order chi connectivity index (χ1) is 8.24. The van der Waals surface area contributed by atoms with Crippen molar-refractivity contribution in [3.8, 4) is 0 Å². The molecule has 1 unspecified atom stereocenters. The van der Waals surface area contributed by atoms with Crippen molar-refractivity contribution in [2.75, 3.05) is 0 Å². The number of nitrogens with one attached hydrogen (secondary N) is 2. The molecular formula is C13H16ClN3. The number of nitrogens with zero attached hydrogens (tertiary/aromatic N) is 1. The molecule has 0 saturated carbocycles. The second kappa shape index (κ2) is 5.84. The fraction of sp³-hybridized carbons (Fsp3) is 0.308. The van der Waals surface area contributed by atoms with Gasteiger partial charge in [-0.15, -0.1) is 0 Å². The van der Waals surface area contributed by atoms with Gasteiger partial charge in [0, 0.05) is 29.5 Å². The summed E-state index contributed by atoms with van der Waals surface area (Å²) >= 11 is 5.85. The SMILES string of the molecule is CC(Cc1ccc(Cl)cc1)NCc1ccn[nH]1. The highest BCUT2D eigenvalue weighted by Gasteiger charge is 2.03. The van der Waals surface area contributed by atoms with E-state index in [2.05, 4.69) is 34.6 Å². The molecule has 0 bridgehead atoms. The maximum atomic E-state index is 5.85. The molecule has 3 nitrogen and oxygen atoms in total. The van der Waals surface area contributed by atoms with Crippen LogP contribution in [0, 0.1) is 0 Å². The lowest BCUT2D eigenvalue weighted by Gasteiger charge is -2.13. The molecule has 2 aromatic rings. The predicted molar refractivity (Wildman–Crippen MR) is 70.0 cm³/mol. The molecule has 0 aliphatic heterocycles. The molecule has 0 aliphatic carbocycles. The highest BCUT2D eigenvalue weighted by molar-refractivity contribution is 6.30. The van der Waals surface area contributed by atoms with Gasteiger partial charge in [0.1, 0.15) is 0 Å². The molecule has 0 saturated heterocycles. The van der Waals surface area contributed by atoms with Crippen molar-refractivity contribution < 1.29 is 0 Å². The number of rotatable bonds is 5. The highest BCUT2D eigenvalue weighted by Crippen LogP contribution is 2.11. The lowest BCUT2D eigenvalue weighted by molar-refractivity contribution is 0.539. The maximum Gasteiger partial charge on any atom is 0.0490 e. The van der Waals surface area contributed by atoms with Crippen molar-refractivity contribution in [3.05, 3.63) is 52.8 Å². The average Bonchev–Trinajstić information content (AvgIpc) is 2.83. The average molecular weight is 250 g/mol. The Bertz CT molecular complexity index is 436. The Morgan fingerprint density at radius 1 is 1.29 bits per heavy atom. The van der Waals surface area contributed by atoms with Gasteiger partial charge in [-0.05, 0) is 37.1 Å². The molecule has 0 aliphatic rings. The van der Waals surface area contributed by atoms with Gasteiger partial charge < -0.3 is 5.32 Å². The number of benzene rings is 1. The molecule has 17 heavy (non-hydrogen) atoms. The second-order valence-electron chi connectivity index (χ2n) is 4.19. The molecule has 90 valence electrons. The summed E-state index contributed by atoms with van der Waals surface area (Å²) in [5.74, 6) is 0. The van der Waals surface area contributed by atoms with Crippen LogP contribution in [0.2, 0.25) is 5.02 Å². The smallest absolute Gasteiger partial charge is 0.0490 e. The van der Waals surface area contributed by atoms with Gasteiger partial charge in [-0.2, -0.15) is 5.10 Å². The van der Waals surface area contributed by atoms with E-state index in [0.717, 1.165) is 23.7 Å². The third-order valence-corrected chi connectivity index (χ3v) is 2.91. The quantitative estimate of drug-likeness (QED) is 0.856. The fourth-order valence-electron chi connectivity index (χ4n) is 1.71. The molecule has 0 amide bonds. The summed E-state index contributed by atoms with van der Waals surface area (Å²) in [5, 5.41) is 11.1. The van der Waals surface area contributed by atoms with E-state index in [1.165, 1.54) is 5.56 Å². The van der Waals surface area contributed by atoms with Crippen LogP contribution in [0.5, 0.6) is 0 Å². The van der Waals surface area contributed by atoms with E-state index in [1.54, 1.807) is 6.20 Å². The van der Waals surface area contributed by atoms with Gasteiger partial charge in [0.05, 0.1) is 0 Å². The van der Waals surface area contributed by atoms with Crippen LogP contribution in [0.25, 0.3) is 0 Å². The molecule has 1 aromatic heterocycles. The van der Waals surface area contributed by atoms with Crippen molar-refractivity contribution in [2.24, 2.45) is 0 Å². The number of hydrogen-bond acceptors (Lipinski definition) is 2. The lowest BCUT2D eigenvalue weighted by atomic mass is 10.1. The van der Waals surface area contributed by atoms with Crippen molar-refractivity contribution in [2.45, 2.75) is 25.9 Å². The minimum Gasteiger partial charge on any atom is -0.308 e. The largest absolute Gasteiger partial charge is 0.308 e. The van der Waals surface area contributed by atoms with E-state index in [0.29, 0.717) is 6.04 Å². The van der Waals surface area contributed by atoms with Crippen LogP contribution >= 0.6 is 11.6 Å². The third-order valence-electron chi connectivity index (χ3n) is 2.65. The molecule has 0 spiro atoms. The molecule has 2 rings (SSSR count). The fourth-order valence-corrected chi connectivity index (χ4v) is 1.84. The van der Waals surface area contributed by atoms with Crippen molar-refractivity contribution >= 4 is 11.6 Å². The Morgan fingerprint density at radius 3 is 2.71 bits per heavy atom. The van der Waals surface area contributed by atoms with Gasteiger partial charge in [0.2, 0.25) is 0 Å². The number of hydrogen-bond donors (Lipinski definition) is 2. The monoisotopic (exact) mass is 249 g/mol. The number of aromatic amines is 1. The minimum absolute atomic E-state index is 0.416. The number of halogens is 1. The first kappa shape index (κ1) is 12.1. The van der Waals surface area contributed by atoms with Gasteiger partial charge in [0.25, 0.3) is 0 Å². The van der Waals surface area contributed by atoms with E-state index in [-0.39, 0.29) is 0 Å². The molecule has 0 fully saturated rings. The number of H-pyrrole nitrogens is 1. The van der Waals surface area contributed by atoms with Crippen LogP contribution < -0.4 is 5.32 Å². The highest BCUT2D eigenvalue weighted by atomic mass is 35.5. The summed E-state index contributed by atoms with van der Waals surface area (Å²) in [7, 11) is 0. The van der Waals surface area contributed by atoms with E-state index in [1.807, 2.05) is 18.2 Å². The van der Waals surface area contributed by atoms with Crippen LogP contribution in [0.15, 0.2) is 36.5 Å². The molecule has 1 heterocycles. The van der Waals surface area contributed by atoms with Gasteiger partial charge in [0.15, 0.2) is 0 Å². The zero-order valence-corrected chi connectivity index (χ0v) is 10.5. The molecular weight excluding hydrogens is 234 g/mol. The maximum absolute atomic E-state index is 5.85. The normalized spacial score (nSPS) is 12.6. The summed E-state index contributed by atoms with van der Waals surface area (Å²) in [5.41, 5.74) is 2.40. The standard InChI is InChI=1S/C13H16ClN3/c1-10(15-9-13-6-7-16-17-13)8-11-2-4-12(14)5-3-11/h2-7,10,15H,8-9H2,1H3,(H,16,17). The van der Waals surface area contributed by atoms with E-state index < -0.39 is 0 Å². The van der Waals surface area contributed by atoms with Crippen LogP contribution in [-0.2, 0) is 13.0 Å². The Balaban J connectivity index is 1.80. The van der Waals surface area contributed by atoms with E-state index in [4.69, 9.17) is 11.6 Å². The molecule has 0 radical (unpaired) electrons. The topological polar surface area (TPSA) is 40.7 Å². The molecule has 4 heteroatoms. The molecule has 2 N–H and O–H groups in total. The Hall–Kier alpha value is -1.32. The third kappa shape index (κ3) is 3.88. The zero-order valence-electron chi connectivity index (χ0n) is 9.78. The van der Waals surface area contributed by atoms with E-state index in [9.17, 15) is 0 Å². The Kier molecular flexibility index (Phi) is 4.18. The van der Waals surface area contributed by atoms with Gasteiger partial charge in [-0.3, -0.25) is 5.10 Å². The first-order valence-electron chi connectivity index (χ1n) is 5.70. The summed E-state index contributed by atoms with van der Waals surface area (Å²) < 4.78 is 0. The number of aromatic nitrogens is 2. The Morgan fingerprint density at radius 2 is 2.06 bits per heavy atom. The van der Waals surface area contributed by atoms with Crippen LogP contribution in [-0.4, -0.2) is 16.2 Å². The lowest BCUT2D eigenvalue weighted by Crippen LogP contribution is -2.27. The van der Waals surface area contributed by atoms with Crippen molar-refractivity contribution in [1.29, 1.82) is 0 Å². The molecule has 1 atom stereocenters. The van der Waals surface area contributed by atoms with E-state index >= 15 is 0 Å². The summed E-state index contributed by atoms with van der Waals surface area (Å²) in [4.78, 5) is 0. The zero-order chi connectivity index (χ0) is 12.1. The Labute approximate surface area is 106 Å². The van der Waals surface area contributed by atoms with Gasteiger partial charge in [-0.25, -0.2) is 0 Å².